The lowest BCUT2D eigenvalue weighted by Crippen LogP contribution is -2.39. The number of phenolic OH excluding ortho intramolecular Hbond substituents is 1. The van der Waals surface area contributed by atoms with E-state index in [1.165, 1.54) is 18.2 Å². The van der Waals surface area contributed by atoms with Crippen LogP contribution in [-0.4, -0.2) is 34.7 Å². The number of carbonyl (C=O) groups excluding carboxylic acids is 1. The Morgan fingerprint density at radius 1 is 1.42 bits per heavy atom. The number of anilines is 1. The molecular weight excluding hydrogens is 248 g/mol. The highest BCUT2D eigenvalue weighted by Gasteiger charge is 2.20. The van der Waals surface area contributed by atoms with E-state index >= 15 is 0 Å². The van der Waals surface area contributed by atoms with Gasteiger partial charge < -0.3 is 20.8 Å². The van der Waals surface area contributed by atoms with Crippen LogP contribution in [0.3, 0.4) is 0 Å². The molecule has 1 aromatic carbocycles. The Kier molecular flexibility index (Phi) is 5.56. The van der Waals surface area contributed by atoms with E-state index in [0.29, 0.717) is 12.2 Å². The second-order valence-electron chi connectivity index (χ2n) is 3.89. The summed E-state index contributed by atoms with van der Waals surface area (Å²) in [4.78, 5) is 22.6. The smallest absolute Gasteiger partial charge is 0.321 e. The number of carboxylic acid groups (broad SMARTS) is 1. The topological polar surface area (TPSA) is 98.7 Å². The number of aromatic hydroxyl groups is 1. The Morgan fingerprint density at radius 3 is 2.74 bits per heavy atom. The summed E-state index contributed by atoms with van der Waals surface area (Å²) in [5, 5.41) is 23.4. The van der Waals surface area contributed by atoms with E-state index < -0.39 is 17.9 Å². The first-order valence-corrected chi connectivity index (χ1v) is 5.69. The molecule has 0 saturated heterocycles. The lowest BCUT2D eigenvalue weighted by molar-refractivity contribution is -0.140. The van der Waals surface area contributed by atoms with Crippen LogP contribution in [0.25, 0.3) is 0 Å². The van der Waals surface area contributed by atoms with Crippen molar-refractivity contribution in [1.82, 2.24) is 5.32 Å². The fraction of sp³-hybridized carbons (Fsp3) is 0.231. The van der Waals surface area contributed by atoms with Crippen molar-refractivity contribution in [3.05, 3.63) is 36.9 Å². The van der Waals surface area contributed by atoms with E-state index in [1.807, 2.05) is 0 Å². The Balaban J connectivity index is 2.57. The number of nitrogens with one attached hydrogen (secondary N) is 2. The highest BCUT2D eigenvalue weighted by molar-refractivity contribution is 5.94. The zero-order valence-electron chi connectivity index (χ0n) is 10.3. The van der Waals surface area contributed by atoms with Gasteiger partial charge in [-0.3, -0.25) is 9.59 Å². The lowest BCUT2D eigenvalue weighted by atomic mass is 10.2. The predicted molar refractivity (Wildman–Crippen MR) is 71.0 cm³/mol. The van der Waals surface area contributed by atoms with Crippen LogP contribution in [0.4, 0.5) is 5.69 Å². The van der Waals surface area contributed by atoms with E-state index in [4.69, 9.17) is 5.11 Å². The summed E-state index contributed by atoms with van der Waals surface area (Å²) in [5.41, 5.74) is 0.415. The molecule has 0 aliphatic rings. The third kappa shape index (κ3) is 5.22. The summed E-state index contributed by atoms with van der Waals surface area (Å²) >= 11 is 0. The normalized spacial score (nSPS) is 11.6. The van der Waals surface area contributed by atoms with Gasteiger partial charge >= 0.3 is 5.97 Å². The second-order valence-corrected chi connectivity index (χ2v) is 3.89. The largest absolute Gasteiger partial charge is 0.508 e. The van der Waals surface area contributed by atoms with Gasteiger partial charge in [-0.1, -0.05) is 12.1 Å². The van der Waals surface area contributed by atoms with Crippen LogP contribution in [0, 0.1) is 0 Å². The Bertz CT molecular complexity index is 473. The van der Waals surface area contributed by atoms with Gasteiger partial charge in [0, 0.05) is 18.3 Å². The molecule has 0 aliphatic carbocycles. The van der Waals surface area contributed by atoms with Crippen molar-refractivity contribution in [2.75, 3.05) is 11.9 Å². The van der Waals surface area contributed by atoms with Gasteiger partial charge in [0.15, 0.2) is 0 Å². The fourth-order valence-corrected chi connectivity index (χ4v) is 1.45. The summed E-state index contributed by atoms with van der Waals surface area (Å²) in [5.74, 6) is -1.53. The minimum atomic E-state index is -1.10. The van der Waals surface area contributed by atoms with Crippen molar-refractivity contribution >= 4 is 17.6 Å². The van der Waals surface area contributed by atoms with Crippen molar-refractivity contribution in [2.45, 2.75) is 12.5 Å². The van der Waals surface area contributed by atoms with Crippen molar-refractivity contribution in [1.29, 1.82) is 0 Å². The molecule has 0 heterocycles. The molecule has 1 rings (SSSR count). The monoisotopic (exact) mass is 264 g/mol. The number of hydrogen-bond acceptors (Lipinski definition) is 4. The highest BCUT2D eigenvalue weighted by atomic mass is 16.4. The number of hydrogen-bond donors (Lipinski definition) is 4. The van der Waals surface area contributed by atoms with Gasteiger partial charge in [0.05, 0.1) is 6.42 Å². The average Bonchev–Trinajstić information content (AvgIpc) is 2.34. The molecule has 19 heavy (non-hydrogen) atoms. The van der Waals surface area contributed by atoms with Gasteiger partial charge in [0.1, 0.15) is 11.8 Å². The second kappa shape index (κ2) is 7.17. The maximum atomic E-state index is 11.7. The van der Waals surface area contributed by atoms with E-state index in [1.54, 1.807) is 12.1 Å². The number of rotatable bonds is 7. The summed E-state index contributed by atoms with van der Waals surface area (Å²) in [6.45, 7) is 3.77. The van der Waals surface area contributed by atoms with Crippen molar-refractivity contribution in [3.8, 4) is 5.75 Å². The quantitative estimate of drug-likeness (QED) is 0.550. The summed E-state index contributed by atoms with van der Waals surface area (Å²) in [6.07, 6.45) is 1.31. The Morgan fingerprint density at radius 2 is 2.16 bits per heavy atom. The van der Waals surface area contributed by atoms with Gasteiger partial charge in [0.2, 0.25) is 5.91 Å². The molecule has 4 N–H and O–H groups in total. The maximum absolute atomic E-state index is 11.7. The van der Waals surface area contributed by atoms with Crippen molar-refractivity contribution in [3.63, 3.8) is 0 Å². The summed E-state index contributed by atoms with van der Waals surface area (Å²) < 4.78 is 0. The van der Waals surface area contributed by atoms with Crippen LogP contribution >= 0.6 is 0 Å². The predicted octanol–water partition coefficient (Wildman–Crippen LogP) is 0.950. The third-order valence-corrected chi connectivity index (χ3v) is 2.33. The molecular formula is C13H16N2O4. The van der Waals surface area contributed by atoms with Crippen LogP contribution < -0.4 is 10.6 Å². The summed E-state index contributed by atoms with van der Waals surface area (Å²) in [7, 11) is 0. The molecule has 0 bridgehead atoms. The highest BCUT2D eigenvalue weighted by Crippen LogP contribution is 2.15. The fourth-order valence-electron chi connectivity index (χ4n) is 1.45. The van der Waals surface area contributed by atoms with Gasteiger partial charge in [-0.25, -0.2) is 0 Å². The molecule has 6 nitrogen and oxygen atoms in total. The van der Waals surface area contributed by atoms with Crippen LogP contribution in [-0.2, 0) is 9.59 Å². The molecule has 1 aromatic rings. The summed E-state index contributed by atoms with van der Waals surface area (Å²) in [6, 6.07) is 5.06. The Hall–Kier alpha value is -2.34. The molecule has 1 unspecified atom stereocenters. The van der Waals surface area contributed by atoms with E-state index in [9.17, 15) is 14.7 Å². The number of aliphatic carboxylic acids is 1. The molecule has 0 saturated carbocycles. The van der Waals surface area contributed by atoms with Crippen molar-refractivity contribution in [2.24, 2.45) is 0 Å². The molecule has 0 radical (unpaired) electrons. The van der Waals surface area contributed by atoms with Crippen molar-refractivity contribution < 1.29 is 19.8 Å². The van der Waals surface area contributed by atoms with E-state index in [0.717, 1.165) is 0 Å². The minimum Gasteiger partial charge on any atom is -0.508 e. The van der Waals surface area contributed by atoms with E-state index in [2.05, 4.69) is 17.2 Å². The number of amides is 1. The van der Waals surface area contributed by atoms with Gasteiger partial charge in [0.25, 0.3) is 0 Å². The van der Waals surface area contributed by atoms with E-state index in [-0.39, 0.29) is 12.2 Å². The van der Waals surface area contributed by atoms with Gasteiger partial charge in [-0.15, -0.1) is 6.58 Å². The molecule has 102 valence electrons. The molecule has 1 atom stereocenters. The minimum absolute atomic E-state index is 0.0253. The van der Waals surface area contributed by atoms with Crippen LogP contribution in [0.2, 0.25) is 0 Å². The van der Waals surface area contributed by atoms with Gasteiger partial charge in [-0.05, 0) is 12.1 Å². The number of benzene rings is 1. The molecule has 0 aromatic heterocycles. The first kappa shape index (κ1) is 14.7. The Labute approximate surface area is 110 Å². The molecule has 0 fully saturated rings. The zero-order chi connectivity index (χ0) is 14.3. The molecule has 1 amide bonds. The number of phenols is 1. The maximum Gasteiger partial charge on any atom is 0.321 e. The molecule has 6 heteroatoms. The first-order valence-electron chi connectivity index (χ1n) is 5.69. The SMILES string of the molecule is C=CCNC(CC(=O)Nc1cccc(O)c1)C(=O)O. The molecule has 0 aliphatic heterocycles. The first-order chi connectivity index (χ1) is 9.02. The van der Waals surface area contributed by atoms with Crippen LogP contribution in [0.5, 0.6) is 5.75 Å². The van der Waals surface area contributed by atoms with Gasteiger partial charge in [-0.2, -0.15) is 0 Å². The lowest BCUT2D eigenvalue weighted by Gasteiger charge is -2.13. The molecule has 0 spiro atoms. The zero-order valence-corrected chi connectivity index (χ0v) is 10.3. The van der Waals surface area contributed by atoms with Crippen LogP contribution in [0.15, 0.2) is 36.9 Å². The third-order valence-electron chi connectivity index (χ3n) is 2.33. The average molecular weight is 264 g/mol. The van der Waals surface area contributed by atoms with Crippen LogP contribution in [0.1, 0.15) is 6.42 Å². The number of carboxylic acids is 1. The number of carbonyl (C=O) groups is 2. The standard InChI is InChI=1S/C13H16N2O4/c1-2-6-14-11(13(18)19)8-12(17)15-9-4-3-5-10(16)7-9/h2-5,7,11,14,16H,1,6,8H2,(H,15,17)(H,18,19).